The minimum absolute atomic E-state index is 0.0144. The molecular formula is C14H11BrF3N. The lowest BCUT2D eigenvalue weighted by atomic mass is 10.1. The first-order valence-electron chi connectivity index (χ1n) is 5.58. The molecule has 0 aliphatic rings. The maximum Gasteiger partial charge on any atom is 0.145 e. The SMILES string of the molecule is CN(Cc1c(F)ccc(Br)c1F)c1cccc(F)c1. The van der Waals surface area contributed by atoms with Crippen LogP contribution in [-0.2, 0) is 6.54 Å². The van der Waals surface area contributed by atoms with E-state index in [0.29, 0.717) is 5.69 Å². The molecule has 0 aliphatic heterocycles. The van der Waals surface area contributed by atoms with Gasteiger partial charge in [-0.05, 0) is 46.3 Å². The van der Waals surface area contributed by atoms with Crippen LogP contribution in [0.2, 0.25) is 0 Å². The van der Waals surface area contributed by atoms with Crippen LogP contribution in [0.4, 0.5) is 18.9 Å². The fourth-order valence-corrected chi connectivity index (χ4v) is 2.13. The predicted octanol–water partition coefficient (Wildman–Crippen LogP) is 4.50. The fraction of sp³-hybridized carbons (Fsp3) is 0.143. The zero-order valence-corrected chi connectivity index (χ0v) is 11.7. The Morgan fingerprint density at radius 3 is 2.53 bits per heavy atom. The highest BCUT2D eigenvalue weighted by Crippen LogP contribution is 2.24. The zero-order valence-electron chi connectivity index (χ0n) is 10.1. The molecule has 0 aliphatic carbocycles. The largest absolute Gasteiger partial charge is 0.370 e. The number of nitrogens with zero attached hydrogens (tertiary/aromatic N) is 1. The van der Waals surface area contributed by atoms with Gasteiger partial charge in [0.2, 0.25) is 0 Å². The molecule has 0 aromatic heterocycles. The molecule has 0 atom stereocenters. The van der Waals surface area contributed by atoms with Crippen LogP contribution in [0.25, 0.3) is 0 Å². The molecule has 0 saturated carbocycles. The highest BCUT2D eigenvalue weighted by atomic mass is 79.9. The fourth-order valence-electron chi connectivity index (χ4n) is 1.76. The van der Waals surface area contributed by atoms with Crippen LogP contribution in [0.5, 0.6) is 0 Å². The van der Waals surface area contributed by atoms with Crippen LogP contribution in [0.15, 0.2) is 40.9 Å². The Morgan fingerprint density at radius 1 is 1.11 bits per heavy atom. The van der Waals surface area contributed by atoms with Crippen LogP contribution in [0, 0.1) is 17.5 Å². The van der Waals surface area contributed by atoms with Crippen LogP contribution >= 0.6 is 15.9 Å². The van der Waals surface area contributed by atoms with Gasteiger partial charge in [-0.3, -0.25) is 0 Å². The van der Waals surface area contributed by atoms with Crippen molar-refractivity contribution in [3.8, 4) is 0 Å². The molecule has 0 N–H and O–H groups in total. The minimum Gasteiger partial charge on any atom is -0.370 e. The van der Waals surface area contributed by atoms with Crippen molar-refractivity contribution in [2.75, 3.05) is 11.9 Å². The molecule has 2 aromatic rings. The van der Waals surface area contributed by atoms with Gasteiger partial charge in [0.1, 0.15) is 17.5 Å². The maximum atomic E-state index is 13.8. The Balaban J connectivity index is 2.29. The van der Waals surface area contributed by atoms with Gasteiger partial charge in [0.05, 0.1) is 4.47 Å². The van der Waals surface area contributed by atoms with Crippen molar-refractivity contribution in [1.29, 1.82) is 0 Å². The van der Waals surface area contributed by atoms with Crippen LogP contribution in [0.1, 0.15) is 5.56 Å². The molecule has 0 spiro atoms. The first-order valence-corrected chi connectivity index (χ1v) is 6.37. The summed E-state index contributed by atoms with van der Waals surface area (Å²) in [5.74, 6) is -1.65. The van der Waals surface area contributed by atoms with Crippen molar-refractivity contribution in [2.24, 2.45) is 0 Å². The van der Waals surface area contributed by atoms with Gasteiger partial charge in [0.25, 0.3) is 0 Å². The second-order valence-electron chi connectivity index (χ2n) is 4.16. The van der Waals surface area contributed by atoms with Crippen molar-refractivity contribution in [3.05, 3.63) is 63.9 Å². The molecule has 0 bridgehead atoms. The predicted molar refractivity (Wildman–Crippen MR) is 72.6 cm³/mol. The maximum absolute atomic E-state index is 13.8. The van der Waals surface area contributed by atoms with Crippen LogP contribution < -0.4 is 4.90 Å². The molecule has 5 heteroatoms. The molecule has 2 aromatic carbocycles. The van der Waals surface area contributed by atoms with Crippen molar-refractivity contribution in [2.45, 2.75) is 6.54 Å². The second kappa shape index (κ2) is 5.65. The van der Waals surface area contributed by atoms with E-state index >= 15 is 0 Å². The Morgan fingerprint density at radius 2 is 1.84 bits per heavy atom. The Hall–Kier alpha value is -1.49. The monoisotopic (exact) mass is 329 g/mol. The molecule has 0 saturated heterocycles. The lowest BCUT2D eigenvalue weighted by molar-refractivity contribution is 0.549. The number of hydrogen-bond acceptors (Lipinski definition) is 1. The summed E-state index contributed by atoms with van der Waals surface area (Å²) < 4.78 is 40.8. The molecular weight excluding hydrogens is 319 g/mol. The van der Waals surface area contributed by atoms with E-state index in [1.807, 2.05) is 0 Å². The van der Waals surface area contributed by atoms with Gasteiger partial charge < -0.3 is 4.90 Å². The van der Waals surface area contributed by atoms with Crippen molar-refractivity contribution in [3.63, 3.8) is 0 Å². The van der Waals surface area contributed by atoms with Gasteiger partial charge >= 0.3 is 0 Å². The lowest BCUT2D eigenvalue weighted by Gasteiger charge is -2.20. The van der Waals surface area contributed by atoms with E-state index in [-0.39, 0.29) is 22.4 Å². The third kappa shape index (κ3) is 3.10. The average Bonchev–Trinajstić information content (AvgIpc) is 2.39. The van der Waals surface area contributed by atoms with Gasteiger partial charge in [-0.1, -0.05) is 6.07 Å². The van der Waals surface area contributed by atoms with E-state index in [0.717, 1.165) is 0 Å². The summed E-state index contributed by atoms with van der Waals surface area (Å²) in [7, 11) is 1.65. The average molecular weight is 330 g/mol. The molecule has 1 nitrogen and oxygen atoms in total. The summed E-state index contributed by atoms with van der Waals surface area (Å²) in [5.41, 5.74) is 0.500. The molecule has 0 unspecified atom stereocenters. The quantitative estimate of drug-likeness (QED) is 0.749. The third-order valence-electron chi connectivity index (χ3n) is 2.78. The lowest BCUT2D eigenvalue weighted by Crippen LogP contribution is -2.18. The van der Waals surface area contributed by atoms with Gasteiger partial charge in [-0.15, -0.1) is 0 Å². The summed E-state index contributed by atoms with van der Waals surface area (Å²) in [6, 6.07) is 8.37. The second-order valence-corrected chi connectivity index (χ2v) is 5.01. The van der Waals surface area contributed by atoms with Crippen molar-refractivity contribution >= 4 is 21.6 Å². The molecule has 0 radical (unpaired) electrons. The van der Waals surface area contributed by atoms with Crippen LogP contribution in [0.3, 0.4) is 0 Å². The van der Waals surface area contributed by atoms with Gasteiger partial charge in [-0.25, -0.2) is 13.2 Å². The summed E-state index contributed by atoms with van der Waals surface area (Å²) in [4.78, 5) is 1.58. The van der Waals surface area contributed by atoms with E-state index in [4.69, 9.17) is 0 Å². The summed E-state index contributed by atoms with van der Waals surface area (Å²) >= 11 is 3.02. The molecule has 0 heterocycles. The Bertz CT molecular complexity index is 601. The zero-order chi connectivity index (χ0) is 14.0. The highest BCUT2D eigenvalue weighted by molar-refractivity contribution is 9.10. The third-order valence-corrected chi connectivity index (χ3v) is 3.40. The number of rotatable bonds is 3. The number of hydrogen-bond donors (Lipinski definition) is 0. The van der Waals surface area contributed by atoms with Crippen molar-refractivity contribution in [1.82, 2.24) is 0 Å². The van der Waals surface area contributed by atoms with Crippen LogP contribution in [-0.4, -0.2) is 7.05 Å². The Kier molecular flexibility index (Phi) is 4.14. The van der Waals surface area contributed by atoms with E-state index in [9.17, 15) is 13.2 Å². The number of halogens is 4. The first-order chi connectivity index (χ1) is 8.99. The van der Waals surface area contributed by atoms with E-state index in [1.165, 1.54) is 24.3 Å². The van der Waals surface area contributed by atoms with Gasteiger partial charge in [-0.2, -0.15) is 0 Å². The molecule has 0 fully saturated rings. The molecule has 2 rings (SSSR count). The van der Waals surface area contributed by atoms with Crippen molar-refractivity contribution < 1.29 is 13.2 Å². The Labute approximate surface area is 117 Å². The summed E-state index contributed by atoms with van der Waals surface area (Å²) in [5, 5.41) is 0. The van der Waals surface area contributed by atoms with E-state index in [1.54, 1.807) is 24.1 Å². The summed E-state index contributed by atoms with van der Waals surface area (Å²) in [6.45, 7) is 0.0144. The van der Waals surface area contributed by atoms with Gasteiger partial charge in [0.15, 0.2) is 0 Å². The topological polar surface area (TPSA) is 3.24 Å². The van der Waals surface area contributed by atoms with E-state index < -0.39 is 11.6 Å². The highest BCUT2D eigenvalue weighted by Gasteiger charge is 2.14. The summed E-state index contributed by atoms with van der Waals surface area (Å²) in [6.07, 6.45) is 0. The first kappa shape index (κ1) is 13.9. The molecule has 19 heavy (non-hydrogen) atoms. The standard InChI is InChI=1S/C14H11BrF3N/c1-19(10-4-2-3-9(16)7-10)8-11-13(17)6-5-12(15)14(11)18/h2-7H,8H2,1H3. The van der Waals surface area contributed by atoms with Gasteiger partial charge in [0, 0.05) is 24.8 Å². The minimum atomic E-state index is -0.636. The number of anilines is 1. The number of benzene rings is 2. The molecule has 0 amide bonds. The molecule has 100 valence electrons. The smallest absolute Gasteiger partial charge is 0.145 e. The normalized spacial score (nSPS) is 10.6. The van der Waals surface area contributed by atoms with E-state index in [2.05, 4.69) is 15.9 Å².